The van der Waals surface area contributed by atoms with Gasteiger partial charge in [-0.3, -0.25) is 4.79 Å². The van der Waals surface area contributed by atoms with Gasteiger partial charge in [-0.25, -0.2) is 0 Å². The Morgan fingerprint density at radius 1 is 1.24 bits per heavy atom. The molecule has 21 heavy (non-hydrogen) atoms. The van der Waals surface area contributed by atoms with Crippen molar-refractivity contribution in [1.29, 1.82) is 0 Å². The fourth-order valence-corrected chi connectivity index (χ4v) is 2.14. The minimum atomic E-state index is -0.124. The summed E-state index contributed by atoms with van der Waals surface area (Å²) in [7, 11) is 1.53. The lowest BCUT2D eigenvalue weighted by atomic mass is 10.1. The monoisotopic (exact) mass is 284 g/mol. The van der Waals surface area contributed by atoms with E-state index < -0.39 is 0 Å². The van der Waals surface area contributed by atoms with Gasteiger partial charge in [0.15, 0.2) is 0 Å². The van der Waals surface area contributed by atoms with Crippen LogP contribution in [-0.2, 0) is 6.42 Å². The van der Waals surface area contributed by atoms with Crippen LogP contribution in [0.25, 0.3) is 0 Å². The Morgan fingerprint density at radius 2 is 2.05 bits per heavy atom. The SMILES string of the molecule is COc1cc(C(=O)NCCc2cccc(C)c2)ccc1N. The molecule has 4 heteroatoms. The molecule has 4 nitrogen and oxygen atoms in total. The van der Waals surface area contributed by atoms with Gasteiger partial charge in [0.25, 0.3) is 5.91 Å². The Bertz CT molecular complexity index is 638. The minimum Gasteiger partial charge on any atom is -0.495 e. The highest BCUT2D eigenvalue weighted by molar-refractivity contribution is 5.95. The van der Waals surface area contributed by atoms with Crippen LogP contribution in [0.1, 0.15) is 21.5 Å². The molecule has 0 atom stereocenters. The van der Waals surface area contributed by atoms with Gasteiger partial charge in [-0.05, 0) is 37.1 Å². The molecule has 0 fully saturated rings. The molecule has 0 bridgehead atoms. The molecule has 0 aliphatic rings. The standard InChI is InChI=1S/C17H20N2O2/c1-12-4-3-5-13(10-12)8-9-19-17(20)14-6-7-15(18)16(11-14)21-2/h3-7,10-11H,8-9,18H2,1-2H3,(H,19,20). The van der Waals surface area contributed by atoms with Crippen molar-refractivity contribution in [3.8, 4) is 5.75 Å². The van der Waals surface area contributed by atoms with Crippen LogP contribution in [0.15, 0.2) is 42.5 Å². The average molecular weight is 284 g/mol. The summed E-state index contributed by atoms with van der Waals surface area (Å²) in [6.45, 7) is 2.65. The van der Waals surface area contributed by atoms with E-state index >= 15 is 0 Å². The Morgan fingerprint density at radius 3 is 2.76 bits per heavy atom. The van der Waals surface area contributed by atoms with Crippen molar-refractivity contribution in [3.05, 3.63) is 59.2 Å². The molecule has 110 valence electrons. The number of carbonyl (C=O) groups excluding carboxylic acids is 1. The third-order valence-corrected chi connectivity index (χ3v) is 3.28. The van der Waals surface area contributed by atoms with E-state index in [9.17, 15) is 4.79 Å². The minimum absolute atomic E-state index is 0.124. The maximum absolute atomic E-state index is 12.1. The first-order valence-corrected chi connectivity index (χ1v) is 6.87. The molecule has 0 saturated heterocycles. The van der Waals surface area contributed by atoms with E-state index in [-0.39, 0.29) is 5.91 Å². The molecule has 2 aromatic carbocycles. The molecule has 0 saturated carbocycles. The normalized spacial score (nSPS) is 10.2. The Balaban J connectivity index is 1.93. The quantitative estimate of drug-likeness (QED) is 0.829. The molecule has 1 amide bonds. The molecule has 0 aliphatic carbocycles. The van der Waals surface area contributed by atoms with Gasteiger partial charge in [-0.15, -0.1) is 0 Å². The van der Waals surface area contributed by atoms with Crippen LogP contribution in [0, 0.1) is 6.92 Å². The van der Waals surface area contributed by atoms with Crippen molar-refractivity contribution in [2.75, 3.05) is 19.4 Å². The van der Waals surface area contributed by atoms with E-state index in [4.69, 9.17) is 10.5 Å². The van der Waals surface area contributed by atoms with E-state index in [0.29, 0.717) is 23.5 Å². The summed E-state index contributed by atoms with van der Waals surface area (Å²) in [5.74, 6) is 0.391. The van der Waals surface area contributed by atoms with Crippen LogP contribution in [0.5, 0.6) is 5.75 Å². The predicted molar refractivity (Wildman–Crippen MR) is 84.6 cm³/mol. The summed E-state index contributed by atoms with van der Waals surface area (Å²) in [5, 5.41) is 2.90. The lowest BCUT2D eigenvalue weighted by Crippen LogP contribution is -2.25. The van der Waals surface area contributed by atoms with Crippen molar-refractivity contribution in [1.82, 2.24) is 5.32 Å². The number of amides is 1. The Labute approximate surface area is 124 Å². The first-order valence-electron chi connectivity index (χ1n) is 6.87. The maximum atomic E-state index is 12.1. The summed E-state index contributed by atoms with van der Waals surface area (Å²) < 4.78 is 5.12. The van der Waals surface area contributed by atoms with Gasteiger partial charge in [-0.1, -0.05) is 29.8 Å². The lowest BCUT2D eigenvalue weighted by Gasteiger charge is -2.09. The number of methoxy groups -OCH3 is 1. The average Bonchev–Trinajstić information content (AvgIpc) is 2.47. The highest BCUT2D eigenvalue weighted by Crippen LogP contribution is 2.21. The van der Waals surface area contributed by atoms with Gasteiger partial charge in [0.2, 0.25) is 0 Å². The molecule has 3 N–H and O–H groups in total. The summed E-state index contributed by atoms with van der Waals surface area (Å²) >= 11 is 0. The number of nitrogens with two attached hydrogens (primary N) is 1. The third kappa shape index (κ3) is 3.99. The fourth-order valence-electron chi connectivity index (χ4n) is 2.14. The van der Waals surface area contributed by atoms with Crippen LogP contribution in [0.3, 0.4) is 0 Å². The van der Waals surface area contributed by atoms with E-state index in [1.165, 1.54) is 18.2 Å². The molecular weight excluding hydrogens is 264 g/mol. The van der Waals surface area contributed by atoms with E-state index in [2.05, 4.69) is 30.4 Å². The number of nitrogen functional groups attached to an aromatic ring is 1. The van der Waals surface area contributed by atoms with Crippen LogP contribution in [0.4, 0.5) is 5.69 Å². The second kappa shape index (κ2) is 6.79. The van der Waals surface area contributed by atoms with Crippen molar-refractivity contribution < 1.29 is 9.53 Å². The lowest BCUT2D eigenvalue weighted by molar-refractivity contribution is 0.0954. The van der Waals surface area contributed by atoms with Crippen LogP contribution in [-0.4, -0.2) is 19.6 Å². The number of aryl methyl sites for hydroxylation is 1. The van der Waals surface area contributed by atoms with Gasteiger partial charge in [0.05, 0.1) is 12.8 Å². The zero-order valence-corrected chi connectivity index (χ0v) is 12.3. The molecule has 2 aromatic rings. The molecular formula is C17H20N2O2. The van der Waals surface area contributed by atoms with Crippen molar-refractivity contribution in [2.24, 2.45) is 0 Å². The highest BCUT2D eigenvalue weighted by atomic mass is 16.5. The first kappa shape index (κ1) is 14.9. The smallest absolute Gasteiger partial charge is 0.251 e. The summed E-state index contributed by atoms with van der Waals surface area (Å²) in [6, 6.07) is 13.3. The first-order chi connectivity index (χ1) is 10.1. The number of carbonyl (C=O) groups is 1. The van der Waals surface area contributed by atoms with Gasteiger partial charge in [0, 0.05) is 12.1 Å². The van der Waals surface area contributed by atoms with Crippen LogP contribution in [0.2, 0.25) is 0 Å². The Hall–Kier alpha value is -2.49. The van der Waals surface area contributed by atoms with Crippen LogP contribution >= 0.6 is 0 Å². The summed E-state index contributed by atoms with van der Waals surface area (Å²) in [6.07, 6.45) is 0.805. The number of hydrogen-bond acceptors (Lipinski definition) is 3. The molecule has 0 radical (unpaired) electrons. The van der Waals surface area contributed by atoms with Crippen LogP contribution < -0.4 is 15.8 Å². The van der Waals surface area contributed by atoms with E-state index in [0.717, 1.165) is 6.42 Å². The second-order valence-corrected chi connectivity index (χ2v) is 4.95. The zero-order chi connectivity index (χ0) is 15.2. The number of nitrogens with one attached hydrogen (secondary N) is 1. The number of hydrogen-bond donors (Lipinski definition) is 2. The molecule has 0 unspecified atom stereocenters. The Kier molecular flexibility index (Phi) is 4.82. The third-order valence-electron chi connectivity index (χ3n) is 3.28. The number of anilines is 1. The van der Waals surface area contributed by atoms with Gasteiger partial charge in [0.1, 0.15) is 5.75 Å². The van der Waals surface area contributed by atoms with Gasteiger partial charge < -0.3 is 15.8 Å². The molecule has 0 heterocycles. The summed E-state index contributed by atoms with van der Waals surface area (Å²) in [4.78, 5) is 12.1. The number of ether oxygens (including phenoxy) is 1. The summed E-state index contributed by atoms with van der Waals surface area (Å²) in [5.41, 5.74) is 9.24. The van der Waals surface area contributed by atoms with E-state index in [1.807, 2.05) is 6.07 Å². The predicted octanol–water partition coefficient (Wildman–Crippen LogP) is 2.56. The van der Waals surface area contributed by atoms with E-state index in [1.54, 1.807) is 18.2 Å². The van der Waals surface area contributed by atoms with Crippen molar-refractivity contribution in [2.45, 2.75) is 13.3 Å². The van der Waals surface area contributed by atoms with Crippen molar-refractivity contribution in [3.63, 3.8) is 0 Å². The molecule has 0 aromatic heterocycles. The maximum Gasteiger partial charge on any atom is 0.251 e. The fraction of sp³-hybridized carbons (Fsp3) is 0.235. The highest BCUT2D eigenvalue weighted by Gasteiger charge is 2.08. The number of benzene rings is 2. The van der Waals surface area contributed by atoms with Gasteiger partial charge in [-0.2, -0.15) is 0 Å². The molecule has 0 spiro atoms. The van der Waals surface area contributed by atoms with Crippen molar-refractivity contribution >= 4 is 11.6 Å². The number of rotatable bonds is 5. The molecule has 2 rings (SSSR count). The van der Waals surface area contributed by atoms with Gasteiger partial charge >= 0.3 is 0 Å². The largest absolute Gasteiger partial charge is 0.495 e. The second-order valence-electron chi connectivity index (χ2n) is 4.95. The zero-order valence-electron chi connectivity index (χ0n) is 12.3. The topological polar surface area (TPSA) is 64.3 Å². The molecule has 0 aliphatic heterocycles.